The molecule has 1 rings (SSSR count). The first-order valence-electron chi connectivity index (χ1n) is 5.56. The van der Waals surface area contributed by atoms with E-state index in [1.54, 1.807) is 29.2 Å². The highest BCUT2D eigenvalue weighted by molar-refractivity contribution is 5.89. The highest BCUT2D eigenvalue weighted by Gasteiger charge is 2.25. The molecule has 0 unspecified atom stereocenters. The van der Waals surface area contributed by atoms with E-state index in [2.05, 4.69) is 0 Å². The van der Waals surface area contributed by atoms with Gasteiger partial charge in [-0.25, -0.2) is 0 Å². The van der Waals surface area contributed by atoms with Crippen LogP contribution in [-0.4, -0.2) is 36.1 Å². The molecule has 0 aliphatic heterocycles. The lowest BCUT2D eigenvalue weighted by Gasteiger charge is -2.30. The standard InChI is InChI=1S/C12H17N3O3/c13-11(17)8-10(12(14)18)15(6-7-16)9-4-2-1-3-5-9/h1-5,10,16H,6-8H2,(H2,13,17)(H2,14,18)/t10-/m0/s1. The topological polar surface area (TPSA) is 110 Å². The van der Waals surface area contributed by atoms with Crippen LogP contribution in [0.15, 0.2) is 30.3 Å². The van der Waals surface area contributed by atoms with Gasteiger partial charge in [-0.1, -0.05) is 18.2 Å². The fraction of sp³-hybridized carbons (Fsp3) is 0.333. The molecular weight excluding hydrogens is 234 g/mol. The zero-order valence-corrected chi connectivity index (χ0v) is 9.95. The van der Waals surface area contributed by atoms with Gasteiger partial charge in [0.1, 0.15) is 6.04 Å². The van der Waals surface area contributed by atoms with Crippen LogP contribution in [0.3, 0.4) is 0 Å². The van der Waals surface area contributed by atoms with Crippen molar-refractivity contribution in [1.29, 1.82) is 0 Å². The summed E-state index contributed by atoms with van der Waals surface area (Å²) in [6.45, 7) is 0.0440. The van der Waals surface area contributed by atoms with Crippen molar-refractivity contribution in [2.24, 2.45) is 11.5 Å². The molecule has 0 radical (unpaired) electrons. The number of primary amides is 2. The lowest BCUT2D eigenvalue weighted by Crippen LogP contribution is -2.48. The summed E-state index contributed by atoms with van der Waals surface area (Å²) in [6, 6.07) is 8.11. The van der Waals surface area contributed by atoms with E-state index in [1.807, 2.05) is 6.07 Å². The van der Waals surface area contributed by atoms with Gasteiger partial charge in [0.05, 0.1) is 13.0 Å². The summed E-state index contributed by atoms with van der Waals surface area (Å²) in [5.41, 5.74) is 11.1. The van der Waals surface area contributed by atoms with E-state index in [1.165, 1.54) is 0 Å². The SMILES string of the molecule is NC(=O)C[C@@H](C(N)=O)N(CCO)c1ccccc1. The van der Waals surface area contributed by atoms with Crippen molar-refractivity contribution in [3.63, 3.8) is 0 Å². The number of benzene rings is 1. The number of anilines is 1. The molecule has 2 amide bonds. The number of hydrogen-bond acceptors (Lipinski definition) is 4. The molecule has 0 aromatic heterocycles. The minimum atomic E-state index is -0.850. The molecule has 1 atom stereocenters. The molecule has 6 heteroatoms. The van der Waals surface area contributed by atoms with Crippen LogP contribution in [0, 0.1) is 0 Å². The molecule has 6 nitrogen and oxygen atoms in total. The maximum Gasteiger partial charge on any atom is 0.240 e. The van der Waals surface area contributed by atoms with E-state index < -0.39 is 17.9 Å². The first-order chi connectivity index (χ1) is 8.56. The Balaban J connectivity index is 3.00. The highest BCUT2D eigenvalue weighted by atomic mass is 16.3. The Morgan fingerprint density at radius 1 is 1.22 bits per heavy atom. The van der Waals surface area contributed by atoms with Crippen LogP contribution < -0.4 is 16.4 Å². The number of aliphatic hydroxyl groups excluding tert-OH is 1. The van der Waals surface area contributed by atoms with E-state index in [9.17, 15) is 9.59 Å². The van der Waals surface area contributed by atoms with Gasteiger partial charge < -0.3 is 21.5 Å². The lowest BCUT2D eigenvalue weighted by molar-refractivity contribution is -0.124. The third-order valence-corrected chi connectivity index (χ3v) is 2.53. The lowest BCUT2D eigenvalue weighted by atomic mass is 10.1. The molecule has 1 aromatic carbocycles. The minimum absolute atomic E-state index is 0.155. The Bertz CT molecular complexity index is 408. The molecule has 0 saturated carbocycles. The van der Waals surface area contributed by atoms with Gasteiger partial charge in [-0.05, 0) is 12.1 Å². The van der Waals surface area contributed by atoms with Crippen LogP contribution in [0.4, 0.5) is 5.69 Å². The number of nitrogens with two attached hydrogens (primary N) is 2. The van der Waals surface area contributed by atoms with Gasteiger partial charge in [-0.3, -0.25) is 9.59 Å². The molecule has 0 fully saturated rings. The second-order valence-electron chi connectivity index (χ2n) is 3.84. The molecular formula is C12H17N3O3. The van der Waals surface area contributed by atoms with Crippen molar-refractivity contribution in [3.05, 3.63) is 30.3 Å². The largest absolute Gasteiger partial charge is 0.395 e. The second kappa shape index (κ2) is 6.61. The normalized spacial score (nSPS) is 11.8. The molecule has 98 valence electrons. The van der Waals surface area contributed by atoms with Gasteiger partial charge in [-0.15, -0.1) is 0 Å². The Labute approximate surface area is 105 Å². The average Bonchev–Trinajstić information content (AvgIpc) is 2.34. The molecule has 0 spiro atoms. The highest BCUT2D eigenvalue weighted by Crippen LogP contribution is 2.17. The number of hydrogen-bond donors (Lipinski definition) is 3. The molecule has 0 aliphatic carbocycles. The van der Waals surface area contributed by atoms with Gasteiger partial charge in [0.25, 0.3) is 0 Å². The van der Waals surface area contributed by atoms with Crippen LogP contribution >= 0.6 is 0 Å². The van der Waals surface area contributed by atoms with Crippen molar-refractivity contribution in [2.75, 3.05) is 18.1 Å². The molecule has 0 saturated heterocycles. The first kappa shape index (κ1) is 14.0. The maximum absolute atomic E-state index is 11.4. The zero-order chi connectivity index (χ0) is 13.5. The van der Waals surface area contributed by atoms with E-state index >= 15 is 0 Å². The molecule has 0 aliphatic rings. The Morgan fingerprint density at radius 3 is 2.28 bits per heavy atom. The third-order valence-electron chi connectivity index (χ3n) is 2.53. The van der Waals surface area contributed by atoms with Gasteiger partial charge >= 0.3 is 0 Å². The van der Waals surface area contributed by atoms with Crippen LogP contribution in [0.25, 0.3) is 0 Å². The summed E-state index contributed by atoms with van der Waals surface area (Å²) in [5, 5.41) is 9.05. The number of carbonyl (C=O) groups is 2. The number of nitrogens with zero attached hydrogens (tertiary/aromatic N) is 1. The van der Waals surface area contributed by atoms with E-state index in [-0.39, 0.29) is 19.6 Å². The second-order valence-corrected chi connectivity index (χ2v) is 3.84. The number of para-hydroxylation sites is 1. The predicted octanol–water partition coefficient (Wildman–Crippen LogP) is -0.785. The summed E-state index contributed by atoms with van der Waals surface area (Å²) in [7, 11) is 0. The smallest absolute Gasteiger partial charge is 0.240 e. The Kier molecular flexibility index (Phi) is 5.13. The Hall–Kier alpha value is -2.08. The summed E-state index contributed by atoms with van der Waals surface area (Å²) < 4.78 is 0. The average molecular weight is 251 g/mol. The summed E-state index contributed by atoms with van der Waals surface area (Å²) in [4.78, 5) is 24.0. The number of aliphatic hydroxyl groups is 1. The van der Waals surface area contributed by atoms with Gasteiger partial charge in [0, 0.05) is 12.2 Å². The molecule has 0 bridgehead atoms. The van der Waals surface area contributed by atoms with E-state index in [4.69, 9.17) is 16.6 Å². The van der Waals surface area contributed by atoms with Crippen molar-refractivity contribution >= 4 is 17.5 Å². The quantitative estimate of drug-likeness (QED) is 0.590. The molecule has 0 heterocycles. The Morgan fingerprint density at radius 2 is 1.83 bits per heavy atom. The van der Waals surface area contributed by atoms with Crippen molar-refractivity contribution in [3.8, 4) is 0 Å². The van der Waals surface area contributed by atoms with Crippen LogP contribution in [0.2, 0.25) is 0 Å². The minimum Gasteiger partial charge on any atom is -0.395 e. The summed E-state index contributed by atoms with van der Waals surface area (Å²) >= 11 is 0. The third kappa shape index (κ3) is 3.74. The monoisotopic (exact) mass is 251 g/mol. The first-order valence-corrected chi connectivity index (χ1v) is 5.56. The molecule has 18 heavy (non-hydrogen) atoms. The number of rotatable bonds is 7. The van der Waals surface area contributed by atoms with E-state index in [0.29, 0.717) is 5.69 Å². The fourth-order valence-corrected chi connectivity index (χ4v) is 1.75. The van der Waals surface area contributed by atoms with Gasteiger partial charge in [0.2, 0.25) is 11.8 Å². The molecule has 5 N–H and O–H groups in total. The molecule has 1 aromatic rings. The van der Waals surface area contributed by atoms with Crippen molar-refractivity contribution in [1.82, 2.24) is 0 Å². The zero-order valence-electron chi connectivity index (χ0n) is 9.95. The van der Waals surface area contributed by atoms with Crippen molar-refractivity contribution in [2.45, 2.75) is 12.5 Å². The fourth-order valence-electron chi connectivity index (χ4n) is 1.75. The summed E-state index contributed by atoms with van der Waals surface area (Å²) in [5.74, 6) is -1.26. The number of amides is 2. The summed E-state index contributed by atoms with van der Waals surface area (Å²) in [6.07, 6.45) is -0.176. The van der Waals surface area contributed by atoms with Crippen LogP contribution in [0.1, 0.15) is 6.42 Å². The predicted molar refractivity (Wildman–Crippen MR) is 67.7 cm³/mol. The maximum atomic E-state index is 11.4. The number of carbonyl (C=O) groups excluding carboxylic acids is 2. The van der Waals surface area contributed by atoms with Gasteiger partial charge in [0.15, 0.2) is 0 Å². The van der Waals surface area contributed by atoms with Gasteiger partial charge in [-0.2, -0.15) is 0 Å². The van der Waals surface area contributed by atoms with Crippen molar-refractivity contribution < 1.29 is 14.7 Å². The van der Waals surface area contributed by atoms with Crippen LogP contribution in [0.5, 0.6) is 0 Å². The van der Waals surface area contributed by atoms with Crippen LogP contribution in [-0.2, 0) is 9.59 Å². The van der Waals surface area contributed by atoms with E-state index in [0.717, 1.165) is 0 Å².